The zero-order chi connectivity index (χ0) is 15.1. The molecule has 2 aromatic carbocycles. The smallest absolute Gasteiger partial charge is 0.119 e. The molecule has 0 spiro atoms. The first kappa shape index (κ1) is 15.9. The summed E-state index contributed by atoms with van der Waals surface area (Å²) in [6.07, 6.45) is 2.08. The summed E-state index contributed by atoms with van der Waals surface area (Å²) in [5, 5.41) is 3.43. The van der Waals surface area contributed by atoms with Crippen LogP contribution in [-0.4, -0.2) is 12.3 Å². The van der Waals surface area contributed by atoms with Crippen LogP contribution in [-0.2, 0) is 13.2 Å². The van der Waals surface area contributed by atoms with Crippen molar-refractivity contribution >= 4 is 11.8 Å². The molecule has 0 heterocycles. The summed E-state index contributed by atoms with van der Waals surface area (Å²) in [5.74, 6) is 0.915. The van der Waals surface area contributed by atoms with Crippen molar-refractivity contribution in [1.29, 1.82) is 0 Å². The molecule has 0 saturated carbocycles. The van der Waals surface area contributed by atoms with Gasteiger partial charge < -0.3 is 10.1 Å². The van der Waals surface area contributed by atoms with Gasteiger partial charge in [0.15, 0.2) is 0 Å². The highest BCUT2D eigenvalue weighted by molar-refractivity contribution is 7.98. The van der Waals surface area contributed by atoms with E-state index >= 15 is 0 Å². The Morgan fingerprint density at radius 1 is 1.05 bits per heavy atom. The van der Waals surface area contributed by atoms with Gasteiger partial charge in [0, 0.05) is 17.5 Å². The van der Waals surface area contributed by atoms with Crippen molar-refractivity contribution in [1.82, 2.24) is 5.32 Å². The SMILES string of the molecule is CSc1ccc(OCc2cccc(CNC(C)C)c2)cc1. The van der Waals surface area contributed by atoms with Crippen LogP contribution in [0, 0.1) is 0 Å². The fourth-order valence-corrected chi connectivity index (χ4v) is 2.40. The van der Waals surface area contributed by atoms with E-state index in [1.165, 1.54) is 16.0 Å². The number of hydrogen-bond acceptors (Lipinski definition) is 3. The van der Waals surface area contributed by atoms with Crippen LogP contribution in [0.15, 0.2) is 53.4 Å². The average molecular weight is 301 g/mol. The molecule has 0 aliphatic rings. The van der Waals surface area contributed by atoms with Crippen LogP contribution in [0.5, 0.6) is 5.75 Å². The van der Waals surface area contributed by atoms with E-state index in [1.54, 1.807) is 11.8 Å². The molecular weight excluding hydrogens is 278 g/mol. The lowest BCUT2D eigenvalue weighted by atomic mass is 10.1. The number of ether oxygens (including phenoxy) is 1. The van der Waals surface area contributed by atoms with Gasteiger partial charge in [-0.15, -0.1) is 11.8 Å². The van der Waals surface area contributed by atoms with Gasteiger partial charge in [0.1, 0.15) is 12.4 Å². The maximum absolute atomic E-state index is 5.84. The van der Waals surface area contributed by atoms with Crippen molar-refractivity contribution in [3.63, 3.8) is 0 Å². The third-order valence-corrected chi connectivity index (χ3v) is 3.91. The number of thioether (sulfide) groups is 1. The van der Waals surface area contributed by atoms with E-state index in [-0.39, 0.29) is 0 Å². The fourth-order valence-electron chi connectivity index (χ4n) is 1.99. The van der Waals surface area contributed by atoms with Crippen LogP contribution in [0.25, 0.3) is 0 Å². The fraction of sp³-hybridized carbons (Fsp3) is 0.333. The molecule has 0 unspecified atom stereocenters. The third kappa shape index (κ3) is 5.44. The van der Waals surface area contributed by atoms with Crippen molar-refractivity contribution in [3.8, 4) is 5.75 Å². The molecule has 0 bridgehead atoms. The third-order valence-electron chi connectivity index (χ3n) is 3.17. The summed E-state index contributed by atoms with van der Waals surface area (Å²) in [7, 11) is 0. The molecule has 0 aliphatic heterocycles. The van der Waals surface area contributed by atoms with Crippen LogP contribution >= 0.6 is 11.8 Å². The molecule has 2 aromatic rings. The van der Waals surface area contributed by atoms with Gasteiger partial charge in [-0.05, 0) is 41.6 Å². The first-order valence-electron chi connectivity index (χ1n) is 7.25. The zero-order valence-corrected chi connectivity index (χ0v) is 13.7. The van der Waals surface area contributed by atoms with Gasteiger partial charge in [0.2, 0.25) is 0 Å². The molecule has 0 aliphatic carbocycles. The topological polar surface area (TPSA) is 21.3 Å². The lowest BCUT2D eigenvalue weighted by Gasteiger charge is -2.10. The standard InChI is InChI=1S/C18H23NOS/c1-14(2)19-12-15-5-4-6-16(11-15)13-20-17-7-9-18(21-3)10-8-17/h4-11,14,19H,12-13H2,1-3H3. The van der Waals surface area contributed by atoms with Crippen LogP contribution in [0.1, 0.15) is 25.0 Å². The summed E-state index contributed by atoms with van der Waals surface area (Å²) in [6, 6.07) is 17.3. The lowest BCUT2D eigenvalue weighted by molar-refractivity contribution is 0.306. The predicted molar refractivity (Wildman–Crippen MR) is 91.0 cm³/mol. The predicted octanol–water partition coefficient (Wildman–Crippen LogP) is 4.49. The summed E-state index contributed by atoms with van der Waals surface area (Å²) < 4.78 is 5.84. The maximum atomic E-state index is 5.84. The van der Waals surface area contributed by atoms with E-state index in [4.69, 9.17) is 4.74 Å². The minimum Gasteiger partial charge on any atom is -0.489 e. The lowest BCUT2D eigenvalue weighted by Crippen LogP contribution is -2.21. The first-order chi connectivity index (χ1) is 10.2. The quantitative estimate of drug-likeness (QED) is 0.762. The Morgan fingerprint density at radius 3 is 2.43 bits per heavy atom. The molecule has 1 N–H and O–H groups in total. The number of nitrogens with one attached hydrogen (secondary N) is 1. The average Bonchev–Trinajstić information content (AvgIpc) is 2.52. The molecule has 0 saturated heterocycles. The minimum atomic E-state index is 0.500. The Hall–Kier alpha value is -1.45. The minimum absolute atomic E-state index is 0.500. The van der Waals surface area contributed by atoms with Gasteiger partial charge in [0.05, 0.1) is 0 Å². The molecule has 112 valence electrons. The van der Waals surface area contributed by atoms with Crippen molar-refractivity contribution < 1.29 is 4.74 Å². The molecule has 0 fully saturated rings. The maximum Gasteiger partial charge on any atom is 0.119 e. The van der Waals surface area contributed by atoms with Crippen molar-refractivity contribution in [2.75, 3.05) is 6.26 Å². The second-order valence-corrected chi connectivity index (χ2v) is 6.20. The van der Waals surface area contributed by atoms with Gasteiger partial charge in [-0.1, -0.05) is 38.1 Å². The van der Waals surface area contributed by atoms with Gasteiger partial charge in [-0.25, -0.2) is 0 Å². The second-order valence-electron chi connectivity index (χ2n) is 5.32. The number of benzene rings is 2. The van der Waals surface area contributed by atoms with Crippen LogP contribution in [0.4, 0.5) is 0 Å². The van der Waals surface area contributed by atoms with Gasteiger partial charge in [-0.3, -0.25) is 0 Å². The van der Waals surface area contributed by atoms with Crippen LogP contribution in [0.2, 0.25) is 0 Å². The molecule has 0 aromatic heterocycles. The zero-order valence-electron chi connectivity index (χ0n) is 12.9. The Morgan fingerprint density at radius 2 is 1.76 bits per heavy atom. The Labute approximate surface area is 131 Å². The first-order valence-corrected chi connectivity index (χ1v) is 8.48. The summed E-state index contributed by atoms with van der Waals surface area (Å²) in [4.78, 5) is 1.25. The van der Waals surface area contributed by atoms with Gasteiger partial charge >= 0.3 is 0 Å². The molecular formula is C18H23NOS. The van der Waals surface area contributed by atoms with E-state index in [2.05, 4.69) is 61.8 Å². The van der Waals surface area contributed by atoms with Crippen molar-refractivity contribution in [3.05, 3.63) is 59.7 Å². The van der Waals surface area contributed by atoms with Crippen LogP contribution in [0.3, 0.4) is 0 Å². The second kappa shape index (κ2) is 8.11. The van der Waals surface area contributed by atoms with Crippen molar-refractivity contribution in [2.24, 2.45) is 0 Å². The Bertz CT molecular complexity index is 551. The summed E-state index contributed by atoms with van der Waals surface area (Å²) >= 11 is 1.74. The molecule has 0 radical (unpaired) electrons. The van der Waals surface area contributed by atoms with Crippen LogP contribution < -0.4 is 10.1 Å². The summed E-state index contributed by atoms with van der Waals surface area (Å²) in [6.45, 7) is 5.82. The molecule has 2 nitrogen and oxygen atoms in total. The normalized spacial score (nSPS) is 10.9. The largest absolute Gasteiger partial charge is 0.489 e. The highest BCUT2D eigenvalue weighted by atomic mass is 32.2. The van der Waals surface area contributed by atoms with E-state index in [0.717, 1.165) is 12.3 Å². The number of hydrogen-bond donors (Lipinski definition) is 1. The Kier molecular flexibility index (Phi) is 6.15. The molecule has 0 atom stereocenters. The number of rotatable bonds is 7. The van der Waals surface area contributed by atoms with E-state index in [9.17, 15) is 0 Å². The van der Waals surface area contributed by atoms with E-state index in [0.29, 0.717) is 12.6 Å². The molecule has 21 heavy (non-hydrogen) atoms. The molecule has 2 rings (SSSR count). The summed E-state index contributed by atoms with van der Waals surface area (Å²) in [5.41, 5.74) is 2.49. The monoisotopic (exact) mass is 301 g/mol. The van der Waals surface area contributed by atoms with Gasteiger partial charge in [-0.2, -0.15) is 0 Å². The van der Waals surface area contributed by atoms with Gasteiger partial charge in [0.25, 0.3) is 0 Å². The highest BCUT2D eigenvalue weighted by Crippen LogP contribution is 2.20. The Balaban J connectivity index is 1.91. The highest BCUT2D eigenvalue weighted by Gasteiger charge is 2.00. The molecule has 0 amide bonds. The van der Waals surface area contributed by atoms with E-state index in [1.807, 2.05) is 12.1 Å². The van der Waals surface area contributed by atoms with Crippen molar-refractivity contribution in [2.45, 2.75) is 37.9 Å². The molecule has 3 heteroatoms. The van der Waals surface area contributed by atoms with E-state index < -0.39 is 0 Å².